The van der Waals surface area contributed by atoms with E-state index in [0.717, 1.165) is 45.3 Å². The molecule has 0 bridgehead atoms. The van der Waals surface area contributed by atoms with Gasteiger partial charge in [-0.2, -0.15) is 0 Å². The van der Waals surface area contributed by atoms with Crippen LogP contribution >= 0.6 is 0 Å². The lowest BCUT2D eigenvalue weighted by molar-refractivity contribution is -0.157. The molecular formula is C35H60N2O8. The highest BCUT2D eigenvalue weighted by atomic mass is 16.6. The molecule has 45 heavy (non-hydrogen) atoms. The van der Waals surface area contributed by atoms with Gasteiger partial charge in [-0.25, -0.2) is 0 Å². The molecule has 10 heteroatoms. The zero-order chi connectivity index (χ0) is 33.0. The summed E-state index contributed by atoms with van der Waals surface area (Å²) >= 11 is 0. The number of esters is 2. The molecule has 1 aliphatic carbocycles. The van der Waals surface area contributed by atoms with Gasteiger partial charge in [-0.05, 0) is 72.8 Å². The van der Waals surface area contributed by atoms with E-state index in [1.54, 1.807) is 0 Å². The Morgan fingerprint density at radius 2 is 1.11 bits per heavy atom. The molecule has 1 aromatic rings. The van der Waals surface area contributed by atoms with E-state index in [9.17, 15) is 9.59 Å². The molecule has 0 atom stereocenters. The first kappa shape index (κ1) is 39.1. The molecule has 1 fully saturated rings. The Balaban J connectivity index is 1.66. The normalized spacial score (nSPS) is 17.4. The lowest BCUT2D eigenvalue weighted by Gasteiger charge is -2.37. The van der Waals surface area contributed by atoms with Gasteiger partial charge in [0.2, 0.25) is 0 Å². The average molecular weight is 637 g/mol. The Hall–Kier alpha value is -2.08. The van der Waals surface area contributed by atoms with E-state index in [4.69, 9.17) is 28.4 Å². The van der Waals surface area contributed by atoms with Crippen LogP contribution in [0.2, 0.25) is 0 Å². The number of rotatable bonds is 22. The monoisotopic (exact) mass is 636 g/mol. The van der Waals surface area contributed by atoms with Crippen LogP contribution in [0.3, 0.4) is 0 Å². The van der Waals surface area contributed by atoms with Crippen molar-refractivity contribution in [3.05, 3.63) is 35.9 Å². The van der Waals surface area contributed by atoms with Crippen molar-refractivity contribution in [2.75, 3.05) is 65.9 Å². The molecule has 1 aromatic carbocycles. The Morgan fingerprint density at radius 1 is 0.667 bits per heavy atom. The molecule has 0 aromatic heterocycles. The highest BCUT2D eigenvalue weighted by Crippen LogP contribution is 2.23. The summed E-state index contributed by atoms with van der Waals surface area (Å²) in [4.78, 5) is 26.1. The van der Waals surface area contributed by atoms with E-state index in [0.29, 0.717) is 64.9 Å². The van der Waals surface area contributed by atoms with Crippen molar-refractivity contribution in [3.8, 4) is 0 Å². The van der Waals surface area contributed by atoms with Crippen LogP contribution in [0.15, 0.2) is 30.3 Å². The second-order valence-electron chi connectivity index (χ2n) is 13.5. The molecule has 258 valence electrons. The molecule has 0 radical (unpaired) electrons. The lowest BCUT2D eigenvalue weighted by Crippen LogP contribution is -2.45. The standard InChI is InChI=1S/C35H60N2O8/c1-34(2,3)44-32(38)16-20-40-24-26-42-22-18-37(19-23-43-27-25-41-21-17-33(39)45-35(4,5)6)31-14-12-30(13-15-31)36-28-29-10-8-7-9-11-29/h7-11,30-31,36H,12-28H2,1-6H3. The SMILES string of the molecule is CC(C)(C)OC(=O)CCOCCOCCN(CCOCCOCCC(=O)OC(C)(C)C)C1CCC(NCc2ccccc2)CC1. The molecule has 0 amide bonds. The van der Waals surface area contributed by atoms with Crippen molar-refractivity contribution in [1.29, 1.82) is 0 Å². The molecule has 2 rings (SSSR count). The Kier molecular flexibility index (Phi) is 18.8. The zero-order valence-corrected chi connectivity index (χ0v) is 28.8. The Morgan fingerprint density at radius 3 is 1.56 bits per heavy atom. The van der Waals surface area contributed by atoms with Crippen molar-refractivity contribution < 1.29 is 38.0 Å². The predicted octanol–water partition coefficient (Wildman–Crippen LogP) is 4.92. The van der Waals surface area contributed by atoms with Gasteiger partial charge in [0, 0.05) is 31.7 Å². The third-order valence-corrected chi connectivity index (χ3v) is 7.18. The minimum absolute atomic E-state index is 0.239. The molecule has 0 unspecified atom stereocenters. The van der Waals surface area contributed by atoms with Gasteiger partial charge in [0.25, 0.3) is 0 Å². The van der Waals surface area contributed by atoms with Gasteiger partial charge in [0.1, 0.15) is 11.2 Å². The first-order valence-corrected chi connectivity index (χ1v) is 16.7. The van der Waals surface area contributed by atoms with Crippen LogP contribution in [0.4, 0.5) is 0 Å². The van der Waals surface area contributed by atoms with Gasteiger partial charge in [-0.3, -0.25) is 14.5 Å². The molecule has 10 nitrogen and oxygen atoms in total. The minimum Gasteiger partial charge on any atom is -0.460 e. The second kappa shape index (κ2) is 21.7. The third kappa shape index (κ3) is 20.6. The largest absolute Gasteiger partial charge is 0.460 e. The van der Waals surface area contributed by atoms with Gasteiger partial charge in [0.15, 0.2) is 0 Å². The minimum atomic E-state index is -0.480. The number of carbonyl (C=O) groups is 2. The van der Waals surface area contributed by atoms with Crippen LogP contribution in [-0.2, 0) is 44.6 Å². The third-order valence-electron chi connectivity index (χ3n) is 7.18. The van der Waals surface area contributed by atoms with Crippen molar-refractivity contribution in [3.63, 3.8) is 0 Å². The van der Waals surface area contributed by atoms with E-state index >= 15 is 0 Å². The summed E-state index contributed by atoms with van der Waals surface area (Å²) in [5, 5.41) is 3.73. The molecule has 0 spiro atoms. The summed E-state index contributed by atoms with van der Waals surface area (Å²) in [6.45, 7) is 17.4. The summed E-state index contributed by atoms with van der Waals surface area (Å²) in [5.41, 5.74) is 0.357. The number of hydrogen-bond acceptors (Lipinski definition) is 10. The number of hydrogen-bond donors (Lipinski definition) is 1. The smallest absolute Gasteiger partial charge is 0.308 e. The maximum atomic E-state index is 11.8. The predicted molar refractivity (Wildman–Crippen MR) is 175 cm³/mol. The van der Waals surface area contributed by atoms with Gasteiger partial charge in [-0.1, -0.05) is 30.3 Å². The fraction of sp³-hybridized carbons (Fsp3) is 0.771. The number of nitrogens with zero attached hydrogens (tertiary/aromatic N) is 1. The van der Waals surface area contributed by atoms with Crippen molar-refractivity contribution in [2.45, 2.75) is 110 Å². The van der Waals surface area contributed by atoms with E-state index in [1.807, 2.05) is 41.5 Å². The van der Waals surface area contributed by atoms with Gasteiger partial charge in [0.05, 0.1) is 65.7 Å². The summed E-state index contributed by atoms with van der Waals surface area (Å²) in [6, 6.07) is 11.6. The number of ether oxygens (including phenoxy) is 6. The second-order valence-corrected chi connectivity index (χ2v) is 13.5. The van der Waals surface area contributed by atoms with E-state index in [-0.39, 0.29) is 24.8 Å². The van der Waals surface area contributed by atoms with E-state index in [1.165, 1.54) is 5.56 Å². The van der Waals surface area contributed by atoms with Crippen LogP contribution in [0.1, 0.15) is 85.6 Å². The van der Waals surface area contributed by atoms with Gasteiger partial charge >= 0.3 is 11.9 Å². The maximum absolute atomic E-state index is 11.8. The topological polar surface area (TPSA) is 105 Å². The first-order valence-electron chi connectivity index (χ1n) is 16.7. The Labute approximate surface area is 271 Å². The van der Waals surface area contributed by atoms with E-state index < -0.39 is 11.2 Å². The number of nitrogens with one attached hydrogen (secondary N) is 1. The fourth-order valence-electron chi connectivity index (χ4n) is 5.08. The van der Waals surface area contributed by atoms with Gasteiger partial charge < -0.3 is 33.7 Å². The zero-order valence-electron chi connectivity index (χ0n) is 28.8. The van der Waals surface area contributed by atoms with Crippen LogP contribution in [0, 0.1) is 0 Å². The maximum Gasteiger partial charge on any atom is 0.308 e. The van der Waals surface area contributed by atoms with Crippen molar-refractivity contribution in [1.82, 2.24) is 10.2 Å². The average Bonchev–Trinajstić information content (AvgIpc) is 2.96. The Bertz CT molecular complexity index is 880. The molecular weight excluding hydrogens is 576 g/mol. The molecule has 1 N–H and O–H groups in total. The molecule has 0 aliphatic heterocycles. The number of carbonyl (C=O) groups excluding carboxylic acids is 2. The molecule has 0 saturated heterocycles. The fourth-order valence-corrected chi connectivity index (χ4v) is 5.08. The molecule has 1 saturated carbocycles. The molecule has 1 aliphatic rings. The van der Waals surface area contributed by atoms with Crippen LogP contribution in [0.25, 0.3) is 0 Å². The molecule has 0 heterocycles. The first-order chi connectivity index (χ1) is 21.4. The van der Waals surface area contributed by atoms with Crippen LogP contribution < -0.4 is 5.32 Å². The lowest BCUT2D eigenvalue weighted by atomic mass is 9.90. The quantitative estimate of drug-likeness (QED) is 0.139. The summed E-state index contributed by atoms with van der Waals surface area (Å²) in [6.07, 6.45) is 5.03. The van der Waals surface area contributed by atoms with Crippen LogP contribution in [0.5, 0.6) is 0 Å². The van der Waals surface area contributed by atoms with E-state index in [2.05, 4.69) is 40.5 Å². The summed E-state index contributed by atoms with van der Waals surface area (Å²) in [5.74, 6) is -0.503. The summed E-state index contributed by atoms with van der Waals surface area (Å²) in [7, 11) is 0. The number of benzene rings is 1. The van der Waals surface area contributed by atoms with Crippen molar-refractivity contribution >= 4 is 11.9 Å². The summed E-state index contributed by atoms with van der Waals surface area (Å²) < 4.78 is 33.5. The highest BCUT2D eigenvalue weighted by Gasteiger charge is 2.25. The van der Waals surface area contributed by atoms with Gasteiger partial charge in [-0.15, -0.1) is 0 Å². The van der Waals surface area contributed by atoms with Crippen molar-refractivity contribution in [2.24, 2.45) is 0 Å². The van der Waals surface area contributed by atoms with Crippen LogP contribution in [-0.4, -0.2) is 106 Å². The highest BCUT2D eigenvalue weighted by molar-refractivity contribution is 5.70.